The van der Waals surface area contributed by atoms with Crippen LogP contribution in [-0.2, 0) is 5.54 Å². The highest BCUT2D eigenvalue weighted by atomic mass is 16.2. The molecule has 1 aliphatic rings. The van der Waals surface area contributed by atoms with Gasteiger partial charge in [0.15, 0.2) is 0 Å². The highest BCUT2D eigenvalue weighted by molar-refractivity contribution is 6.01. The lowest BCUT2D eigenvalue weighted by atomic mass is 9.77. The number of hydrogen-bond acceptors (Lipinski definition) is 1. The first-order valence-corrected chi connectivity index (χ1v) is 8.59. The van der Waals surface area contributed by atoms with Gasteiger partial charge in [-0.1, -0.05) is 66.2 Å². The monoisotopic (exact) mass is 327 g/mol. The van der Waals surface area contributed by atoms with Gasteiger partial charge >= 0.3 is 0 Å². The molecule has 2 heteroatoms. The van der Waals surface area contributed by atoms with E-state index in [9.17, 15) is 4.79 Å². The molecule has 0 bridgehead atoms. The van der Waals surface area contributed by atoms with E-state index in [-0.39, 0.29) is 5.91 Å². The van der Waals surface area contributed by atoms with Crippen LogP contribution in [0, 0.1) is 20.8 Å². The van der Waals surface area contributed by atoms with Gasteiger partial charge in [-0.25, -0.2) is 0 Å². The van der Waals surface area contributed by atoms with Crippen LogP contribution in [0.5, 0.6) is 0 Å². The van der Waals surface area contributed by atoms with Crippen molar-refractivity contribution in [2.24, 2.45) is 0 Å². The number of nitrogens with one attached hydrogen (secondary N) is 1. The molecule has 1 atom stereocenters. The first kappa shape index (κ1) is 15.6. The van der Waals surface area contributed by atoms with Gasteiger partial charge in [-0.3, -0.25) is 4.79 Å². The molecule has 0 aliphatic carbocycles. The van der Waals surface area contributed by atoms with Crippen LogP contribution in [0.2, 0.25) is 0 Å². The van der Waals surface area contributed by atoms with E-state index < -0.39 is 5.54 Å². The minimum Gasteiger partial charge on any atom is -0.334 e. The number of carbonyl (C=O) groups excluding carboxylic acids is 1. The average molecular weight is 327 g/mol. The molecular formula is C23H21NO. The minimum absolute atomic E-state index is 0.0191. The summed E-state index contributed by atoms with van der Waals surface area (Å²) >= 11 is 0. The maximum Gasteiger partial charge on any atom is 0.252 e. The maximum absolute atomic E-state index is 12.7. The van der Waals surface area contributed by atoms with Crippen LogP contribution in [-0.4, -0.2) is 5.91 Å². The van der Waals surface area contributed by atoms with Gasteiger partial charge < -0.3 is 5.32 Å². The molecule has 0 fully saturated rings. The summed E-state index contributed by atoms with van der Waals surface area (Å²) in [7, 11) is 0. The molecule has 124 valence electrons. The molecular weight excluding hydrogens is 306 g/mol. The predicted molar refractivity (Wildman–Crippen MR) is 101 cm³/mol. The smallest absolute Gasteiger partial charge is 0.252 e. The van der Waals surface area contributed by atoms with Gasteiger partial charge in [0, 0.05) is 5.56 Å². The third-order valence-corrected chi connectivity index (χ3v) is 5.30. The molecule has 1 aliphatic heterocycles. The molecule has 0 saturated heterocycles. The highest BCUT2D eigenvalue weighted by Gasteiger charge is 2.45. The van der Waals surface area contributed by atoms with Gasteiger partial charge in [-0.05, 0) is 54.7 Å². The number of benzene rings is 3. The lowest BCUT2D eigenvalue weighted by Gasteiger charge is -2.32. The van der Waals surface area contributed by atoms with Crippen molar-refractivity contribution in [3.8, 4) is 0 Å². The Hall–Kier alpha value is -2.87. The Bertz CT molecular complexity index is 972. The summed E-state index contributed by atoms with van der Waals surface area (Å²) in [5.74, 6) is -0.0191. The Kier molecular flexibility index (Phi) is 3.50. The molecule has 25 heavy (non-hydrogen) atoms. The van der Waals surface area contributed by atoms with E-state index >= 15 is 0 Å². The molecule has 1 amide bonds. The van der Waals surface area contributed by atoms with E-state index in [2.05, 4.69) is 74.6 Å². The fourth-order valence-corrected chi connectivity index (χ4v) is 3.71. The number of rotatable bonds is 2. The standard InChI is InChI=1S/C23H21NO/c1-15-8-11-18(12-9-15)23(19-13-10-16(2)17(3)14-19)21-7-5-4-6-20(21)22(25)24-23/h4-14H,1-3H3,(H,24,25). The number of fused-ring (bicyclic) bond motifs is 1. The van der Waals surface area contributed by atoms with Crippen LogP contribution in [0.25, 0.3) is 0 Å². The molecule has 3 aromatic carbocycles. The van der Waals surface area contributed by atoms with E-state index in [0.29, 0.717) is 0 Å². The topological polar surface area (TPSA) is 29.1 Å². The summed E-state index contributed by atoms with van der Waals surface area (Å²) in [6.45, 7) is 6.30. The average Bonchev–Trinajstić information content (AvgIpc) is 2.92. The second-order valence-electron chi connectivity index (χ2n) is 6.91. The molecule has 0 aromatic heterocycles. The van der Waals surface area contributed by atoms with Gasteiger partial charge in [0.2, 0.25) is 0 Å². The largest absolute Gasteiger partial charge is 0.334 e. The van der Waals surface area contributed by atoms with E-state index in [0.717, 1.165) is 22.3 Å². The number of aryl methyl sites for hydroxylation is 3. The first-order chi connectivity index (χ1) is 12.0. The zero-order valence-corrected chi connectivity index (χ0v) is 14.8. The van der Waals surface area contributed by atoms with Crippen LogP contribution in [0.4, 0.5) is 0 Å². The predicted octanol–water partition coefficient (Wildman–Crippen LogP) is 4.65. The van der Waals surface area contributed by atoms with Crippen molar-refractivity contribution in [1.82, 2.24) is 5.32 Å². The molecule has 1 unspecified atom stereocenters. The fraction of sp³-hybridized carbons (Fsp3) is 0.174. The molecule has 3 aromatic rings. The van der Waals surface area contributed by atoms with Gasteiger partial charge in [-0.2, -0.15) is 0 Å². The van der Waals surface area contributed by atoms with Gasteiger partial charge in [0.05, 0.1) is 0 Å². The third kappa shape index (κ3) is 2.29. The molecule has 0 radical (unpaired) electrons. The molecule has 2 nitrogen and oxygen atoms in total. The number of hydrogen-bond donors (Lipinski definition) is 1. The van der Waals surface area contributed by atoms with Crippen molar-refractivity contribution in [2.45, 2.75) is 26.3 Å². The number of amides is 1. The molecule has 0 spiro atoms. The van der Waals surface area contributed by atoms with E-state index in [1.54, 1.807) is 0 Å². The van der Waals surface area contributed by atoms with Crippen molar-refractivity contribution < 1.29 is 4.79 Å². The molecule has 1 heterocycles. The summed E-state index contributed by atoms with van der Waals surface area (Å²) in [5.41, 5.74) is 6.99. The van der Waals surface area contributed by atoms with Crippen molar-refractivity contribution in [1.29, 1.82) is 0 Å². The van der Waals surface area contributed by atoms with E-state index in [1.165, 1.54) is 16.7 Å². The van der Waals surface area contributed by atoms with Crippen LogP contribution in [0.15, 0.2) is 66.7 Å². The van der Waals surface area contributed by atoms with Gasteiger partial charge in [0.1, 0.15) is 5.54 Å². The second-order valence-corrected chi connectivity index (χ2v) is 6.91. The maximum atomic E-state index is 12.7. The van der Waals surface area contributed by atoms with E-state index in [1.807, 2.05) is 18.2 Å². The summed E-state index contributed by atoms with van der Waals surface area (Å²) in [5, 5.41) is 3.29. The summed E-state index contributed by atoms with van der Waals surface area (Å²) in [4.78, 5) is 12.7. The Balaban J connectivity index is 2.05. The SMILES string of the molecule is Cc1ccc(C2(c3ccc(C)c(C)c3)NC(=O)c3ccccc32)cc1. The Morgan fingerprint density at radius 3 is 2.16 bits per heavy atom. The fourth-order valence-electron chi connectivity index (χ4n) is 3.71. The van der Waals surface area contributed by atoms with Crippen molar-refractivity contribution in [2.75, 3.05) is 0 Å². The molecule has 0 saturated carbocycles. The molecule has 1 N–H and O–H groups in total. The van der Waals surface area contributed by atoms with Crippen LogP contribution in [0.3, 0.4) is 0 Å². The first-order valence-electron chi connectivity index (χ1n) is 8.59. The third-order valence-electron chi connectivity index (χ3n) is 5.30. The summed E-state index contributed by atoms with van der Waals surface area (Å²) < 4.78 is 0. The normalized spacial score (nSPS) is 18.8. The van der Waals surface area contributed by atoms with Crippen molar-refractivity contribution >= 4 is 5.91 Å². The zero-order valence-electron chi connectivity index (χ0n) is 14.8. The summed E-state index contributed by atoms with van der Waals surface area (Å²) in [6.07, 6.45) is 0. The minimum atomic E-state index is -0.639. The van der Waals surface area contributed by atoms with E-state index in [4.69, 9.17) is 0 Å². The highest BCUT2D eigenvalue weighted by Crippen LogP contribution is 2.42. The Morgan fingerprint density at radius 1 is 0.760 bits per heavy atom. The quantitative estimate of drug-likeness (QED) is 0.729. The van der Waals surface area contributed by atoms with Crippen LogP contribution >= 0.6 is 0 Å². The lowest BCUT2D eigenvalue weighted by molar-refractivity contribution is 0.0948. The van der Waals surface area contributed by atoms with Gasteiger partial charge in [-0.15, -0.1) is 0 Å². The van der Waals surface area contributed by atoms with Gasteiger partial charge in [0.25, 0.3) is 5.91 Å². The van der Waals surface area contributed by atoms with Crippen molar-refractivity contribution in [3.63, 3.8) is 0 Å². The van der Waals surface area contributed by atoms with Crippen molar-refractivity contribution in [3.05, 3.63) is 106 Å². The number of carbonyl (C=O) groups is 1. The second kappa shape index (κ2) is 5.59. The van der Waals surface area contributed by atoms with Crippen LogP contribution < -0.4 is 5.32 Å². The Morgan fingerprint density at radius 2 is 1.44 bits per heavy atom. The van der Waals surface area contributed by atoms with Crippen LogP contribution in [0.1, 0.15) is 43.7 Å². The molecule has 4 rings (SSSR count). The Labute approximate surface area is 148 Å². The summed E-state index contributed by atoms with van der Waals surface area (Å²) in [6, 6.07) is 22.8. The lowest BCUT2D eigenvalue weighted by Crippen LogP contribution is -2.41. The zero-order chi connectivity index (χ0) is 17.6.